The molecule has 0 saturated heterocycles. The van der Waals surface area contributed by atoms with Gasteiger partial charge in [-0.3, -0.25) is 19.3 Å². The molecule has 10 heteroatoms. The molecule has 0 amide bonds. The number of carbonyl (C=O) groups excluding carboxylic acids is 3. The molecule has 0 aliphatic heterocycles. The molecule has 67 heavy (non-hydrogen) atoms. The van der Waals surface area contributed by atoms with Gasteiger partial charge in [-0.25, -0.2) is 0 Å². The van der Waals surface area contributed by atoms with E-state index in [9.17, 15) is 19.5 Å². The van der Waals surface area contributed by atoms with Crippen molar-refractivity contribution in [1.82, 2.24) is 4.90 Å². The molecule has 396 valence electrons. The molecule has 10 nitrogen and oxygen atoms in total. The summed E-state index contributed by atoms with van der Waals surface area (Å²) >= 11 is 0. The van der Waals surface area contributed by atoms with Crippen LogP contribution in [0.2, 0.25) is 0 Å². The smallest absolute Gasteiger partial charge is 0.308 e. The summed E-state index contributed by atoms with van der Waals surface area (Å²) in [7, 11) is 0. The predicted molar refractivity (Wildman–Crippen MR) is 276 cm³/mol. The number of nitrogens with zero attached hydrogens (tertiary/aromatic N) is 1. The standard InChI is InChI=1S/C57H109NO9/c1-5-9-13-17-21-25-32-51(33-26-22-18-14-10-6-2)48-65-56(61)39-44-63-46-53(50-67-55(60)38-29-30-41-58(42-43-59)54-36-31-37-54)47-64-45-40-57(62)66-49-52(34-27-23-19-15-11-7-3)35-28-24-20-16-12-8-4/h51-54,59H,5-50H2,1-4H3. The van der Waals surface area contributed by atoms with Crippen LogP contribution in [0.5, 0.6) is 0 Å². The Labute approximate surface area is 413 Å². The van der Waals surface area contributed by atoms with Crippen molar-refractivity contribution in [2.45, 2.75) is 265 Å². The first-order chi connectivity index (χ1) is 32.9. The van der Waals surface area contributed by atoms with Crippen LogP contribution in [-0.2, 0) is 38.1 Å². The highest BCUT2D eigenvalue weighted by atomic mass is 16.6. The van der Waals surface area contributed by atoms with Crippen LogP contribution in [0.25, 0.3) is 0 Å². The van der Waals surface area contributed by atoms with Crippen LogP contribution in [-0.4, -0.2) is 99.9 Å². The Balaban J connectivity index is 2.63. The zero-order valence-electron chi connectivity index (χ0n) is 44.5. The Bertz CT molecular complexity index is 1010. The van der Waals surface area contributed by atoms with E-state index in [4.69, 9.17) is 23.7 Å². The van der Waals surface area contributed by atoms with Gasteiger partial charge in [-0.05, 0) is 69.7 Å². The second-order valence-electron chi connectivity index (χ2n) is 20.3. The minimum absolute atomic E-state index is 0.142. The van der Waals surface area contributed by atoms with Crippen LogP contribution in [0, 0.1) is 17.8 Å². The van der Waals surface area contributed by atoms with Gasteiger partial charge in [0, 0.05) is 24.9 Å². The SMILES string of the molecule is CCCCCCCCC(CCCCCCCC)COC(=O)CCOCC(COCCC(=O)OCC(CCCCCCCC)CCCCCCCC)COC(=O)CCCCN(CCO)C1CCC1. The van der Waals surface area contributed by atoms with Crippen LogP contribution >= 0.6 is 0 Å². The molecule has 1 rings (SSSR count). The summed E-state index contributed by atoms with van der Waals surface area (Å²) in [5.74, 6) is -0.131. The van der Waals surface area contributed by atoms with Crippen LogP contribution in [0.15, 0.2) is 0 Å². The van der Waals surface area contributed by atoms with E-state index in [1.165, 1.54) is 173 Å². The van der Waals surface area contributed by atoms with Gasteiger partial charge in [-0.15, -0.1) is 0 Å². The first-order valence-corrected chi connectivity index (χ1v) is 28.8. The lowest BCUT2D eigenvalue weighted by Crippen LogP contribution is -2.42. The third kappa shape index (κ3) is 39.6. The van der Waals surface area contributed by atoms with E-state index in [2.05, 4.69) is 32.6 Å². The van der Waals surface area contributed by atoms with Crippen molar-refractivity contribution in [3.05, 3.63) is 0 Å². The number of esters is 3. The van der Waals surface area contributed by atoms with Crippen molar-refractivity contribution in [3.63, 3.8) is 0 Å². The Morgan fingerprint density at radius 2 is 0.791 bits per heavy atom. The van der Waals surface area contributed by atoms with Gasteiger partial charge in [0.05, 0.1) is 65.7 Å². The lowest BCUT2D eigenvalue weighted by Gasteiger charge is -2.37. The van der Waals surface area contributed by atoms with Gasteiger partial charge in [-0.1, -0.05) is 188 Å². The molecule has 0 aromatic carbocycles. The number of carbonyl (C=O) groups is 3. The molecule has 0 aromatic rings. The molecule has 0 radical (unpaired) electrons. The predicted octanol–water partition coefficient (Wildman–Crippen LogP) is 14.3. The molecule has 0 bridgehead atoms. The van der Waals surface area contributed by atoms with E-state index in [0.29, 0.717) is 44.1 Å². The van der Waals surface area contributed by atoms with Gasteiger partial charge in [0.25, 0.3) is 0 Å². The van der Waals surface area contributed by atoms with Crippen LogP contribution in [0.1, 0.15) is 259 Å². The third-order valence-corrected chi connectivity index (χ3v) is 14.0. The highest BCUT2D eigenvalue weighted by molar-refractivity contribution is 5.70. The second-order valence-corrected chi connectivity index (χ2v) is 20.3. The van der Waals surface area contributed by atoms with Crippen LogP contribution in [0.3, 0.4) is 0 Å². The maximum Gasteiger partial charge on any atom is 0.308 e. The molecule has 1 fully saturated rings. The molecule has 1 N–H and O–H groups in total. The van der Waals surface area contributed by atoms with Crippen LogP contribution in [0.4, 0.5) is 0 Å². The van der Waals surface area contributed by atoms with Gasteiger partial charge in [0.15, 0.2) is 0 Å². The highest BCUT2D eigenvalue weighted by Crippen LogP contribution is 2.25. The summed E-state index contributed by atoms with van der Waals surface area (Å²) < 4.78 is 29.3. The fraction of sp³-hybridized carbons (Fsp3) is 0.947. The number of hydrogen-bond acceptors (Lipinski definition) is 10. The average molecular weight is 952 g/mol. The van der Waals surface area contributed by atoms with E-state index in [-0.39, 0.29) is 76.3 Å². The number of unbranched alkanes of at least 4 members (excludes halogenated alkanes) is 21. The van der Waals surface area contributed by atoms with Gasteiger partial charge < -0.3 is 28.8 Å². The molecule has 0 unspecified atom stereocenters. The summed E-state index contributed by atoms with van der Waals surface area (Å²) in [5.41, 5.74) is 0. The second kappa shape index (κ2) is 47.9. The molecular weight excluding hydrogens is 843 g/mol. The number of ether oxygens (including phenoxy) is 5. The maximum atomic E-state index is 12.9. The largest absolute Gasteiger partial charge is 0.465 e. The third-order valence-electron chi connectivity index (χ3n) is 14.0. The quantitative estimate of drug-likeness (QED) is 0.0358. The van der Waals surface area contributed by atoms with E-state index in [1.54, 1.807) is 0 Å². The Morgan fingerprint density at radius 3 is 1.15 bits per heavy atom. The van der Waals surface area contributed by atoms with Gasteiger partial charge in [0.1, 0.15) is 0 Å². The zero-order valence-corrected chi connectivity index (χ0v) is 44.5. The monoisotopic (exact) mass is 952 g/mol. The summed E-state index contributed by atoms with van der Waals surface area (Å²) in [6.07, 6.45) is 40.8. The summed E-state index contributed by atoms with van der Waals surface area (Å²) in [6.45, 7) is 12.8. The van der Waals surface area contributed by atoms with Crippen molar-refractivity contribution in [1.29, 1.82) is 0 Å². The molecule has 0 atom stereocenters. The van der Waals surface area contributed by atoms with Gasteiger partial charge >= 0.3 is 17.9 Å². The van der Waals surface area contributed by atoms with Crippen molar-refractivity contribution in [2.24, 2.45) is 17.8 Å². The minimum atomic E-state index is -0.248. The van der Waals surface area contributed by atoms with Crippen molar-refractivity contribution >= 4 is 17.9 Å². The summed E-state index contributed by atoms with van der Waals surface area (Å²) in [6, 6.07) is 0.562. The van der Waals surface area contributed by atoms with E-state index >= 15 is 0 Å². The number of rotatable bonds is 52. The Morgan fingerprint density at radius 1 is 0.433 bits per heavy atom. The molecular formula is C57H109NO9. The first kappa shape index (κ1) is 63.3. The molecule has 0 spiro atoms. The topological polar surface area (TPSA) is 121 Å². The van der Waals surface area contributed by atoms with Crippen molar-refractivity contribution in [2.75, 3.05) is 65.9 Å². The Hall–Kier alpha value is -1.75. The zero-order chi connectivity index (χ0) is 48.7. The first-order valence-electron chi connectivity index (χ1n) is 28.8. The fourth-order valence-electron chi connectivity index (χ4n) is 9.22. The number of hydrogen-bond donors (Lipinski definition) is 1. The average Bonchev–Trinajstić information content (AvgIpc) is 3.31. The molecule has 0 aromatic heterocycles. The number of aliphatic hydroxyl groups excluding tert-OH is 1. The highest BCUT2D eigenvalue weighted by Gasteiger charge is 2.24. The number of aliphatic hydroxyl groups is 1. The Kier molecular flexibility index (Phi) is 45.2. The molecule has 1 aliphatic rings. The normalized spacial score (nSPS) is 13.0. The summed E-state index contributed by atoms with van der Waals surface area (Å²) in [4.78, 5) is 40.9. The van der Waals surface area contributed by atoms with E-state index < -0.39 is 0 Å². The van der Waals surface area contributed by atoms with E-state index in [0.717, 1.165) is 45.1 Å². The minimum Gasteiger partial charge on any atom is -0.465 e. The summed E-state index contributed by atoms with van der Waals surface area (Å²) in [5, 5.41) is 9.49. The molecule has 0 heterocycles. The van der Waals surface area contributed by atoms with Crippen LogP contribution < -0.4 is 0 Å². The van der Waals surface area contributed by atoms with Gasteiger partial charge in [-0.2, -0.15) is 0 Å². The molecule has 1 saturated carbocycles. The van der Waals surface area contributed by atoms with E-state index in [1.807, 2.05) is 0 Å². The fourth-order valence-corrected chi connectivity index (χ4v) is 9.22. The lowest BCUT2D eigenvalue weighted by molar-refractivity contribution is -0.147. The van der Waals surface area contributed by atoms with Gasteiger partial charge in [0.2, 0.25) is 0 Å². The molecule has 1 aliphatic carbocycles. The lowest BCUT2D eigenvalue weighted by atomic mass is 9.91. The maximum absolute atomic E-state index is 12.9. The van der Waals surface area contributed by atoms with Crippen molar-refractivity contribution < 1.29 is 43.2 Å². The van der Waals surface area contributed by atoms with Crippen molar-refractivity contribution in [3.8, 4) is 0 Å².